The van der Waals surface area contributed by atoms with Crippen molar-refractivity contribution in [3.63, 3.8) is 0 Å². The number of anilines is 1. The number of nitrogens with one attached hydrogen (secondary N) is 1. The SMILES string of the molecule is CCn1nnc(-c2cnc(N3CCNCC3)c(Cl)c2)n1.Cl.Cl. The molecule has 3 rings (SSSR count). The number of rotatable bonds is 3. The standard InChI is InChI=1S/C12H16ClN7.2ClH/c1-2-20-17-11(16-18-20)9-7-10(13)12(15-8-9)19-5-3-14-4-6-19;;/h7-8,14H,2-6H2,1H3;2*1H. The van der Waals surface area contributed by atoms with E-state index in [4.69, 9.17) is 11.6 Å². The van der Waals surface area contributed by atoms with E-state index in [2.05, 4.69) is 30.6 Å². The minimum Gasteiger partial charge on any atom is -0.353 e. The van der Waals surface area contributed by atoms with Crippen LogP contribution in [0.15, 0.2) is 12.3 Å². The van der Waals surface area contributed by atoms with E-state index in [1.807, 2.05) is 13.0 Å². The van der Waals surface area contributed by atoms with Crippen molar-refractivity contribution >= 4 is 42.2 Å². The summed E-state index contributed by atoms with van der Waals surface area (Å²) in [4.78, 5) is 8.18. The van der Waals surface area contributed by atoms with Crippen LogP contribution < -0.4 is 10.2 Å². The Morgan fingerprint density at radius 3 is 2.59 bits per heavy atom. The highest BCUT2D eigenvalue weighted by Crippen LogP contribution is 2.27. The molecule has 0 amide bonds. The van der Waals surface area contributed by atoms with E-state index in [0.29, 0.717) is 17.4 Å². The summed E-state index contributed by atoms with van der Waals surface area (Å²) in [6.07, 6.45) is 1.75. The number of nitrogens with zero attached hydrogens (tertiary/aromatic N) is 6. The maximum absolute atomic E-state index is 6.35. The summed E-state index contributed by atoms with van der Waals surface area (Å²) in [6.45, 7) is 6.38. The summed E-state index contributed by atoms with van der Waals surface area (Å²) in [5.74, 6) is 1.37. The van der Waals surface area contributed by atoms with Crippen molar-refractivity contribution in [2.45, 2.75) is 13.5 Å². The minimum atomic E-state index is 0. The third-order valence-corrected chi connectivity index (χ3v) is 3.51. The van der Waals surface area contributed by atoms with Gasteiger partial charge in [0.15, 0.2) is 0 Å². The van der Waals surface area contributed by atoms with Crippen LogP contribution in [0.2, 0.25) is 5.02 Å². The van der Waals surface area contributed by atoms with Gasteiger partial charge in [0.05, 0.1) is 11.6 Å². The maximum Gasteiger partial charge on any atom is 0.206 e. The van der Waals surface area contributed by atoms with Gasteiger partial charge in [-0.15, -0.1) is 35.0 Å². The van der Waals surface area contributed by atoms with Gasteiger partial charge >= 0.3 is 0 Å². The molecule has 0 atom stereocenters. The second-order valence-corrected chi connectivity index (χ2v) is 4.98. The molecular formula is C12H18Cl3N7. The monoisotopic (exact) mass is 365 g/mol. The summed E-state index contributed by atoms with van der Waals surface area (Å²) in [6, 6.07) is 1.85. The zero-order valence-corrected chi connectivity index (χ0v) is 14.5. The van der Waals surface area contributed by atoms with Gasteiger partial charge in [-0.1, -0.05) is 11.6 Å². The highest BCUT2D eigenvalue weighted by molar-refractivity contribution is 6.33. The van der Waals surface area contributed by atoms with Gasteiger partial charge in [0, 0.05) is 37.9 Å². The molecule has 0 saturated carbocycles. The van der Waals surface area contributed by atoms with Gasteiger partial charge in [-0.05, 0) is 18.2 Å². The minimum absolute atomic E-state index is 0. The lowest BCUT2D eigenvalue weighted by atomic mass is 10.2. The summed E-state index contributed by atoms with van der Waals surface area (Å²) in [7, 11) is 0. The second kappa shape index (κ2) is 8.47. The molecular weight excluding hydrogens is 349 g/mol. The molecule has 0 radical (unpaired) electrons. The summed E-state index contributed by atoms with van der Waals surface area (Å²) >= 11 is 6.35. The first-order valence-corrected chi connectivity index (χ1v) is 7.05. The Balaban J connectivity index is 0.00000121. The molecule has 7 nitrogen and oxygen atoms in total. The van der Waals surface area contributed by atoms with Crippen molar-refractivity contribution in [1.29, 1.82) is 0 Å². The number of hydrogen-bond donors (Lipinski definition) is 1. The molecule has 1 fully saturated rings. The first-order chi connectivity index (χ1) is 9.78. The maximum atomic E-state index is 6.35. The molecule has 10 heteroatoms. The van der Waals surface area contributed by atoms with Crippen LogP contribution in [0.25, 0.3) is 11.4 Å². The molecule has 0 bridgehead atoms. The van der Waals surface area contributed by atoms with E-state index in [1.165, 1.54) is 4.80 Å². The smallest absolute Gasteiger partial charge is 0.206 e. The number of hydrogen-bond acceptors (Lipinski definition) is 6. The van der Waals surface area contributed by atoms with E-state index in [-0.39, 0.29) is 24.8 Å². The Labute approximate surface area is 146 Å². The lowest BCUT2D eigenvalue weighted by molar-refractivity contribution is 0.552. The Morgan fingerprint density at radius 2 is 2.00 bits per heavy atom. The number of tetrazole rings is 1. The summed E-state index contributed by atoms with van der Waals surface area (Å²) in [5, 5.41) is 16.1. The average molecular weight is 367 g/mol. The number of pyridine rings is 1. The third kappa shape index (κ3) is 3.98. The number of aromatic nitrogens is 5. The molecule has 122 valence electrons. The molecule has 1 saturated heterocycles. The largest absolute Gasteiger partial charge is 0.353 e. The molecule has 1 aliphatic rings. The highest BCUT2D eigenvalue weighted by Gasteiger charge is 2.16. The Hall–Kier alpha value is -1.15. The van der Waals surface area contributed by atoms with E-state index >= 15 is 0 Å². The fraction of sp³-hybridized carbons (Fsp3) is 0.500. The zero-order valence-electron chi connectivity index (χ0n) is 12.1. The molecule has 0 aromatic carbocycles. The number of piperazine rings is 1. The fourth-order valence-electron chi connectivity index (χ4n) is 2.16. The molecule has 1 N–H and O–H groups in total. The summed E-state index contributed by atoms with van der Waals surface area (Å²) < 4.78 is 0. The normalized spacial score (nSPS) is 14.2. The van der Waals surface area contributed by atoms with Crippen LogP contribution in [0, 0.1) is 0 Å². The van der Waals surface area contributed by atoms with Crippen LogP contribution in [-0.4, -0.2) is 51.4 Å². The average Bonchev–Trinajstić information content (AvgIpc) is 2.97. The van der Waals surface area contributed by atoms with Crippen molar-refractivity contribution in [3.05, 3.63) is 17.3 Å². The first-order valence-electron chi connectivity index (χ1n) is 6.67. The van der Waals surface area contributed by atoms with Gasteiger partial charge in [-0.2, -0.15) is 4.80 Å². The predicted molar refractivity (Wildman–Crippen MR) is 91.3 cm³/mol. The van der Waals surface area contributed by atoms with Gasteiger partial charge in [0.1, 0.15) is 5.82 Å². The third-order valence-electron chi connectivity index (χ3n) is 3.23. The van der Waals surface area contributed by atoms with Gasteiger partial charge in [-0.3, -0.25) is 0 Å². The lowest BCUT2D eigenvalue weighted by Crippen LogP contribution is -2.44. The Kier molecular flexibility index (Phi) is 7.28. The first kappa shape index (κ1) is 18.9. The predicted octanol–water partition coefficient (Wildman–Crippen LogP) is 1.66. The van der Waals surface area contributed by atoms with E-state index in [9.17, 15) is 0 Å². The molecule has 2 aromatic heterocycles. The molecule has 1 aliphatic heterocycles. The van der Waals surface area contributed by atoms with Crippen molar-refractivity contribution in [2.24, 2.45) is 0 Å². The van der Waals surface area contributed by atoms with Crippen molar-refractivity contribution in [1.82, 2.24) is 30.5 Å². The number of halogens is 3. The molecule has 2 aromatic rings. The molecule has 3 heterocycles. The summed E-state index contributed by atoms with van der Waals surface area (Å²) in [5.41, 5.74) is 0.786. The zero-order chi connectivity index (χ0) is 13.9. The van der Waals surface area contributed by atoms with Crippen molar-refractivity contribution in [2.75, 3.05) is 31.1 Å². The van der Waals surface area contributed by atoms with Crippen LogP contribution in [0.4, 0.5) is 5.82 Å². The molecule has 0 unspecified atom stereocenters. The second-order valence-electron chi connectivity index (χ2n) is 4.57. The fourth-order valence-corrected chi connectivity index (χ4v) is 2.44. The van der Waals surface area contributed by atoms with Gasteiger partial charge in [0.2, 0.25) is 5.82 Å². The van der Waals surface area contributed by atoms with Crippen LogP contribution in [0.3, 0.4) is 0 Å². The Morgan fingerprint density at radius 1 is 1.27 bits per heavy atom. The highest BCUT2D eigenvalue weighted by atomic mass is 35.5. The van der Waals surface area contributed by atoms with E-state index < -0.39 is 0 Å². The molecule has 0 spiro atoms. The van der Waals surface area contributed by atoms with E-state index in [0.717, 1.165) is 37.6 Å². The van der Waals surface area contributed by atoms with Gasteiger partial charge < -0.3 is 10.2 Å². The van der Waals surface area contributed by atoms with Crippen LogP contribution >= 0.6 is 36.4 Å². The lowest BCUT2D eigenvalue weighted by Gasteiger charge is -2.29. The number of aryl methyl sites for hydroxylation is 1. The van der Waals surface area contributed by atoms with Crippen molar-refractivity contribution < 1.29 is 0 Å². The van der Waals surface area contributed by atoms with Crippen LogP contribution in [0.1, 0.15) is 6.92 Å². The van der Waals surface area contributed by atoms with Crippen LogP contribution in [0.5, 0.6) is 0 Å². The van der Waals surface area contributed by atoms with E-state index in [1.54, 1.807) is 6.20 Å². The quantitative estimate of drug-likeness (QED) is 0.891. The van der Waals surface area contributed by atoms with Gasteiger partial charge in [0.25, 0.3) is 0 Å². The molecule has 0 aliphatic carbocycles. The van der Waals surface area contributed by atoms with Gasteiger partial charge in [-0.25, -0.2) is 4.98 Å². The molecule has 22 heavy (non-hydrogen) atoms. The topological polar surface area (TPSA) is 71.8 Å². The van der Waals surface area contributed by atoms with Crippen LogP contribution in [-0.2, 0) is 6.54 Å². The van der Waals surface area contributed by atoms with Crippen molar-refractivity contribution in [3.8, 4) is 11.4 Å². The Bertz CT molecular complexity index is 598.